The Hall–Kier alpha value is -1.34. The molecular formula is C15H19N3O2S2. The van der Waals surface area contributed by atoms with Gasteiger partial charge >= 0.3 is 0 Å². The topological polar surface area (TPSA) is 55.2 Å². The maximum atomic E-state index is 12.7. The quantitative estimate of drug-likeness (QED) is 0.635. The first kappa shape index (κ1) is 15.6. The van der Waals surface area contributed by atoms with Gasteiger partial charge in [-0.15, -0.1) is 11.3 Å². The van der Waals surface area contributed by atoms with Crippen LogP contribution in [-0.2, 0) is 24.7 Å². The van der Waals surface area contributed by atoms with Crippen LogP contribution < -0.4 is 5.56 Å². The minimum atomic E-state index is -0.266. The zero-order valence-electron chi connectivity index (χ0n) is 13.2. The summed E-state index contributed by atoms with van der Waals surface area (Å²) in [5.74, 6) is 0.0213. The summed E-state index contributed by atoms with van der Waals surface area (Å²) >= 11 is 2.98. The number of aryl methyl sites for hydroxylation is 2. The molecule has 2 heterocycles. The fourth-order valence-corrected chi connectivity index (χ4v) is 5.11. The summed E-state index contributed by atoms with van der Waals surface area (Å²) < 4.78 is 1.58. The van der Waals surface area contributed by atoms with Crippen molar-refractivity contribution in [3.05, 3.63) is 20.8 Å². The molecule has 1 aliphatic carbocycles. The zero-order valence-corrected chi connectivity index (χ0v) is 14.8. The summed E-state index contributed by atoms with van der Waals surface area (Å²) in [5, 5.41) is 1.13. The van der Waals surface area contributed by atoms with Gasteiger partial charge in [-0.3, -0.25) is 14.2 Å². The number of carbonyl (C=O) groups is 1. The number of nitrogens with zero attached hydrogens (tertiary/aromatic N) is 3. The number of aromatic nitrogens is 2. The molecule has 0 fully saturated rings. The largest absolute Gasteiger partial charge is 0.348 e. The number of thiophene rings is 1. The molecule has 5 nitrogen and oxygen atoms in total. The number of hydrogen-bond donors (Lipinski definition) is 0. The molecule has 2 aromatic heterocycles. The highest BCUT2D eigenvalue weighted by Gasteiger charge is 2.24. The molecule has 0 saturated carbocycles. The van der Waals surface area contributed by atoms with Crippen LogP contribution in [0, 0.1) is 0 Å². The zero-order chi connectivity index (χ0) is 16.0. The van der Waals surface area contributed by atoms with E-state index in [1.165, 1.54) is 22.2 Å². The standard InChI is InChI=1S/C15H19N3O2S2/c1-8(13(19)17(2)3)21-15-16-12-11(14(20)18(15)4)9-6-5-7-10(9)22-12/h8H,5-7H2,1-4H3. The van der Waals surface area contributed by atoms with Crippen LogP contribution in [0.3, 0.4) is 0 Å². The van der Waals surface area contributed by atoms with E-state index < -0.39 is 0 Å². The van der Waals surface area contributed by atoms with Gasteiger partial charge in [0.15, 0.2) is 5.16 Å². The summed E-state index contributed by atoms with van der Waals surface area (Å²) in [6.07, 6.45) is 3.16. The molecule has 0 radical (unpaired) electrons. The number of amides is 1. The highest BCUT2D eigenvalue weighted by Crippen LogP contribution is 2.35. The van der Waals surface area contributed by atoms with Crippen LogP contribution in [0.15, 0.2) is 9.95 Å². The summed E-state index contributed by atoms with van der Waals surface area (Å²) in [6, 6.07) is 0. The van der Waals surface area contributed by atoms with Crippen LogP contribution in [-0.4, -0.2) is 39.7 Å². The van der Waals surface area contributed by atoms with E-state index in [9.17, 15) is 9.59 Å². The summed E-state index contributed by atoms with van der Waals surface area (Å²) in [7, 11) is 5.21. The van der Waals surface area contributed by atoms with Crippen LogP contribution >= 0.6 is 23.1 Å². The fourth-order valence-electron chi connectivity index (χ4n) is 2.78. The molecule has 1 atom stereocenters. The van der Waals surface area contributed by atoms with Gasteiger partial charge < -0.3 is 4.90 Å². The Balaban J connectivity index is 2.03. The van der Waals surface area contributed by atoms with Crippen molar-refractivity contribution in [3.63, 3.8) is 0 Å². The van der Waals surface area contributed by atoms with Gasteiger partial charge in [0, 0.05) is 26.0 Å². The second-order valence-corrected chi connectivity index (χ2v) is 8.18. The van der Waals surface area contributed by atoms with Crippen LogP contribution in [0.1, 0.15) is 23.8 Å². The van der Waals surface area contributed by atoms with Gasteiger partial charge in [-0.25, -0.2) is 4.98 Å². The molecule has 1 aliphatic rings. The number of hydrogen-bond acceptors (Lipinski definition) is 5. The number of fused-ring (bicyclic) bond motifs is 3. The van der Waals surface area contributed by atoms with Crippen molar-refractivity contribution in [2.45, 2.75) is 36.6 Å². The van der Waals surface area contributed by atoms with Crippen molar-refractivity contribution >= 4 is 39.2 Å². The van der Waals surface area contributed by atoms with Gasteiger partial charge in [-0.1, -0.05) is 11.8 Å². The lowest BCUT2D eigenvalue weighted by Gasteiger charge is -2.17. The molecule has 0 aliphatic heterocycles. The van der Waals surface area contributed by atoms with E-state index >= 15 is 0 Å². The molecule has 118 valence electrons. The molecule has 7 heteroatoms. The third-order valence-electron chi connectivity index (χ3n) is 3.98. The molecule has 2 aromatic rings. The van der Waals surface area contributed by atoms with Gasteiger partial charge in [-0.2, -0.15) is 0 Å². The Morgan fingerprint density at radius 1 is 1.41 bits per heavy atom. The predicted molar refractivity (Wildman–Crippen MR) is 90.9 cm³/mol. The van der Waals surface area contributed by atoms with E-state index in [4.69, 9.17) is 0 Å². The third kappa shape index (κ3) is 2.46. The molecule has 0 spiro atoms. The van der Waals surface area contributed by atoms with Crippen molar-refractivity contribution in [2.75, 3.05) is 14.1 Å². The van der Waals surface area contributed by atoms with Crippen molar-refractivity contribution in [3.8, 4) is 0 Å². The monoisotopic (exact) mass is 337 g/mol. The molecule has 1 unspecified atom stereocenters. The Morgan fingerprint density at radius 3 is 2.82 bits per heavy atom. The van der Waals surface area contributed by atoms with E-state index in [0.29, 0.717) is 5.16 Å². The predicted octanol–water partition coefficient (Wildman–Crippen LogP) is 2.05. The van der Waals surface area contributed by atoms with Crippen molar-refractivity contribution in [1.82, 2.24) is 14.5 Å². The van der Waals surface area contributed by atoms with Crippen LogP contribution in [0.5, 0.6) is 0 Å². The maximum Gasteiger partial charge on any atom is 0.262 e. The number of carbonyl (C=O) groups excluding carboxylic acids is 1. The lowest BCUT2D eigenvalue weighted by molar-refractivity contribution is -0.127. The average molecular weight is 337 g/mol. The molecule has 1 amide bonds. The Kier molecular flexibility index (Phi) is 4.03. The van der Waals surface area contributed by atoms with Crippen LogP contribution in [0.2, 0.25) is 0 Å². The SMILES string of the molecule is CC(Sc1nc2sc3c(c2c(=O)n1C)CCC3)C(=O)N(C)C. The second kappa shape index (κ2) is 5.70. The van der Waals surface area contributed by atoms with Crippen LogP contribution in [0.25, 0.3) is 10.2 Å². The number of rotatable bonds is 3. The van der Waals surface area contributed by atoms with E-state index in [1.54, 1.807) is 41.9 Å². The molecule has 0 N–H and O–H groups in total. The lowest BCUT2D eigenvalue weighted by atomic mass is 10.2. The minimum absolute atomic E-state index is 0.0106. The minimum Gasteiger partial charge on any atom is -0.348 e. The van der Waals surface area contributed by atoms with E-state index in [-0.39, 0.29) is 16.7 Å². The first-order valence-electron chi connectivity index (χ1n) is 7.29. The van der Waals surface area contributed by atoms with Gasteiger partial charge in [0.25, 0.3) is 5.56 Å². The number of thioether (sulfide) groups is 1. The highest BCUT2D eigenvalue weighted by atomic mass is 32.2. The normalized spacial score (nSPS) is 15.1. The summed E-state index contributed by atoms with van der Waals surface area (Å²) in [6.45, 7) is 1.84. The first-order chi connectivity index (χ1) is 10.4. The van der Waals surface area contributed by atoms with Crippen molar-refractivity contribution in [1.29, 1.82) is 0 Å². The molecule has 0 aromatic carbocycles. The smallest absolute Gasteiger partial charge is 0.262 e. The average Bonchev–Trinajstić information content (AvgIpc) is 3.03. The molecule has 22 heavy (non-hydrogen) atoms. The van der Waals surface area contributed by atoms with Gasteiger partial charge in [-0.05, 0) is 31.7 Å². The van der Waals surface area contributed by atoms with Crippen molar-refractivity contribution < 1.29 is 4.79 Å². The summed E-state index contributed by atoms with van der Waals surface area (Å²) in [4.78, 5) is 33.0. The lowest BCUT2D eigenvalue weighted by Crippen LogP contribution is -2.30. The fraction of sp³-hybridized carbons (Fsp3) is 0.533. The first-order valence-corrected chi connectivity index (χ1v) is 8.99. The van der Waals surface area contributed by atoms with Gasteiger partial charge in [0.1, 0.15) is 4.83 Å². The Morgan fingerprint density at radius 2 is 2.14 bits per heavy atom. The summed E-state index contributed by atoms with van der Waals surface area (Å²) in [5.41, 5.74) is 1.21. The van der Waals surface area contributed by atoms with E-state index in [1.807, 2.05) is 6.92 Å². The van der Waals surface area contributed by atoms with E-state index in [0.717, 1.165) is 29.5 Å². The molecular weight excluding hydrogens is 318 g/mol. The molecule has 0 bridgehead atoms. The maximum absolute atomic E-state index is 12.7. The Bertz CT molecular complexity index is 807. The highest BCUT2D eigenvalue weighted by molar-refractivity contribution is 8.00. The molecule has 3 rings (SSSR count). The van der Waals surface area contributed by atoms with Gasteiger partial charge in [0.2, 0.25) is 5.91 Å². The third-order valence-corrected chi connectivity index (χ3v) is 6.29. The Labute approximate surface area is 137 Å². The second-order valence-electron chi connectivity index (χ2n) is 5.79. The van der Waals surface area contributed by atoms with Gasteiger partial charge in [0.05, 0.1) is 10.6 Å². The molecule has 0 saturated heterocycles. The van der Waals surface area contributed by atoms with Crippen molar-refractivity contribution in [2.24, 2.45) is 7.05 Å². The van der Waals surface area contributed by atoms with Crippen LogP contribution in [0.4, 0.5) is 0 Å². The van der Waals surface area contributed by atoms with E-state index in [2.05, 4.69) is 4.98 Å².